The zero-order valence-corrected chi connectivity index (χ0v) is 11.3. The summed E-state index contributed by atoms with van der Waals surface area (Å²) in [6.07, 6.45) is 2.30. The molecule has 104 valence electrons. The maximum atomic E-state index is 12.7. The number of nitrogens with one attached hydrogen (secondary N) is 1. The van der Waals surface area contributed by atoms with E-state index >= 15 is 0 Å². The van der Waals surface area contributed by atoms with E-state index in [2.05, 4.69) is 5.32 Å². The highest BCUT2D eigenvalue weighted by Gasteiger charge is 2.39. The Bertz CT molecular complexity index is 616. The van der Waals surface area contributed by atoms with Gasteiger partial charge < -0.3 is 14.6 Å². The fourth-order valence-corrected chi connectivity index (χ4v) is 3.55. The Kier molecular flexibility index (Phi) is 2.77. The van der Waals surface area contributed by atoms with Crippen LogP contribution in [0.5, 0.6) is 0 Å². The molecule has 0 saturated carbocycles. The number of likely N-dealkylation sites (tertiary alicyclic amines) is 1. The molecule has 20 heavy (non-hydrogen) atoms. The molecule has 2 aliphatic rings. The van der Waals surface area contributed by atoms with Crippen molar-refractivity contribution in [2.24, 2.45) is 5.92 Å². The van der Waals surface area contributed by atoms with Crippen molar-refractivity contribution < 1.29 is 9.21 Å². The second-order valence-electron chi connectivity index (χ2n) is 5.76. The van der Waals surface area contributed by atoms with Crippen LogP contribution in [0, 0.1) is 5.92 Å². The molecule has 2 unspecified atom stereocenters. The van der Waals surface area contributed by atoms with Gasteiger partial charge in [0.1, 0.15) is 5.58 Å². The highest BCUT2D eigenvalue weighted by Crippen LogP contribution is 2.31. The van der Waals surface area contributed by atoms with Gasteiger partial charge in [-0.25, -0.2) is 0 Å². The van der Waals surface area contributed by atoms with E-state index < -0.39 is 0 Å². The fourth-order valence-electron chi connectivity index (χ4n) is 3.55. The van der Waals surface area contributed by atoms with Crippen LogP contribution < -0.4 is 5.32 Å². The van der Waals surface area contributed by atoms with E-state index in [0.29, 0.717) is 17.7 Å². The normalized spacial score (nSPS) is 25.9. The Morgan fingerprint density at radius 3 is 3.10 bits per heavy atom. The zero-order valence-electron chi connectivity index (χ0n) is 11.3. The van der Waals surface area contributed by atoms with Crippen LogP contribution in [0.4, 0.5) is 0 Å². The fraction of sp³-hybridized carbons (Fsp3) is 0.438. The molecule has 1 amide bonds. The lowest BCUT2D eigenvalue weighted by molar-refractivity contribution is 0.0673. The first kappa shape index (κ1) is 12.0. The molecule has 0 spiro atoms. The Hall–Kier alpha value is -1.81. The van der Waals surface area contributed by atoms with Gasteiger partial charge in [0.25, 0.3) is 5.91 Å². The van der Waals surface area contributed by atoms with Crippen molar-refractivity contribution in [2.75, 3.05) is 19.6 Å². The Balaban J connectivity index is 1.63. The molecule has 3 heterocycles. The summed E-state index contributed by atoms with van der Waals surface area (Å²) in [5.74, 6) is 1.17. The van der Waals surface area contributed by atoms with Gasteiger partial charge in [0.2, 0.25) is 0 Å². The third-order valence-electron chi connectivity index (χ3n) is 4.63. The minimum atomic E-state index is 0.0393. The van der Waals surface area contributed by atoms with Crippen LogP contribution in [-0.4, -0.2) is 36.5 Å². The molecule has 2 atom stereocenters. The third kappa shape index (κ3) is 1.83. The van der Waals surface area contributed by atoms with Gasteiger partial charge in [-0.1, -0.05) is 18.2 Å². The van der Waals surface area contributed by atoms with Gasteiger partial charge in [-0.3, -0.25) is 4.79 Å². The third-order valence-corrected chi connectivity index (χ3v) is 4.63. The number of para-hydroxylation sites is 1. The number of furan rings is 1. The van der Waals surface area contributed by atoms with Crippen molar-refractivity contribution in [3.8, 4) is 0 Å². The van der Waals surface area contributed by atoms with Crippen LogP contribution in [0.15, 0.2) is 34.7 Å². The lowest BCUT2D eigenvalue weighted by Crippen LogP contribution is -2.47. The number of carbonyl (C=O) groups is 1. The summed E-state index contributed by atoms with van der Waals surface area (Å²) in [4.78, 5) is 14.7. The van der Waals surface area contributed by atoms with Gasteiger partial charge in [-0.05, 0) is 37.4 Å². The molecule has 4 nitrogen and oxygen atoms in total. The summed E-state index contributed by atoms with van der Waals surface area (Å²) in [6, 6.07) is 9.97. The van der Waals surface area contributed by atoms with E-state index in [1.165, 1.54) is 6.42 Å². The lowest BCUT2D eigenvalue weighted by Gasteiger charge is -2.31. The van der Waals surface area contributed by atoms with Crippen LogP contribution >= 0.6 is 0 Å². The summed E-state index contributed by atoms with van der Waals surface area (Å²) >= 11 is 0. The summed E-state index contributed by atoms with van der Waals surface area (Å²) in [5.41, 5.74) is 0.786. The van der Waals surface area contributed by atoms with Gasteiger partial charge in [0, 0.05) is 24.5 Å². The van der Waals surface area contributed by atoms with Crippen LogP contribution in [0.3, 0.4) is 0 Å². The molecule has 0 radical (unpaired) electrons. The highest BCUT2D eigenvalue weighted by molar-refractivity contribution is 5.96. The summed E-state index contributed by atoms with van der Waals surface area (Å²) in [7, 11) is 0. The number of carbonyl (C=O) groups excluding carboxylic acids is 1. The predicted octanol–water partition coefficient (Wildman–Crippen LogP) is 2.26. The average Bonchev–Trinajstić information content (AvgIpc) is 3.10. The van der Waals surface area contributed by atoms with E-state index in [0.717, 1.165) is 37.0 Å². The van der Waals surface area contributed by atoms with Gasteiger partial charge >= 0.3 is 0 Å². The highest BCUT2D eigenvalue weighted by atomic mass is 16.3. The lowest BCUT2D eigenvalue weighted by atomic mass is 9.93. The smallest absolute Gasteiger partial charge is 0.289 e. The van der Waals surface area contributed by atoms with Crippen molar-refractivity contribution >= 4 is 16.9 Å². The van der Waals surface area contributed by atoms with Crippen LogP contribution in [0.2, 0.25) is 0 Å². The molecule has 0 bridgehead atoms. The predicted molar refractivity (Wildman–Crippen MR) is 76.6 cm³/mol. The number of piperidine rings is 1. The van der Waals surface area contributed by atoms with E-state index in [9.17, 15) is 4.79 Å². The molecule has 2 fully saturated rings. The topological polar surface area (TPSA) is 45.5 Å². The Morgan fingerprint density at radius 1 is 1.30 bits per heavy atom. The summed E-state index contributed by atoms with van der Waals surface area (Å²) < 4.78 is 5.71. The quantitative estimate of drug-likeness (QED) is 0.864. The number of rotatable bonds is 1. The molecule has 2 aromatic rings. The number of hydrogen-bond donors (Lipinski definition) is 1. The van der Waals surface area contributed by atoms with Crippen LogP contribution in [0.1, 0.15) is 23.4 Å². The van der Waals surface area contributed by atoms with E-state index in [1.54, 1.807) is 0 Å². The minimum absolute atomic E-state index is 0.0393. The second kappa shape index (κ2) is 4.63. The van der Waals surface area contributed by atoms with Gasteiger partial charge in [-0.15, -0.1) is 0 Å². The monoisotopic (exact) mass is 270 g/mol. The zero-order chi connectivity index (χ0) is 13.5. The minimum Gasteiger partial charge on any atom is -0.451 e. The first-order valence-corrected chi connectivity index (χ1v) is 7.33. The van der Waals surface area contributed by atoms with E-state index in [1.807, 2.05) is 35.2 Å². The molecule has 2 saturated heterocycles. The van der Waals surface area contributed by atoms with Crippen molar-refractivity contribution in [1.82, 2.24) is 10.2 Å². The number of nitrogens with zero attached hydrogens (tertiary/aromatic N) is 1. The molecule has 1 aromatic heterocycles. The van der Waals surface area contributed by atoms with Crippen molar-refractivity contribution in [3.63, 3.8) is 0 Å². The van der Waals surface area contributed by atoms with E-state index in [-0.39, 0.29) is 5.91 Å². The molecule has 4 heteroatoms. The van der Waals surface area contributed by atoms with E-state index in [4.69, 9.17) is 4.42 Å². The van der Waals surface area contributed by atoms with Gasteiger partial charge in [0.15, 0.2) is 5.76 Å². The SMILES string of the molecule is O=C(c1cc2ccccc2o1)N1CCC2CCNCC21. The first-order valence-electron chi connectivity index (χ1n) is 7.33. The van der Waals surface area contributed by atoms with Crippen LogP contribution in [-0.2, 0) is 0 Å². The largest absolute Gasteiger partial charge is 0.451 e. The number of fused-ring (bicyclic) bond motifs is 2. The second-order valence-corrected chi connectivity index (χ2v) is 5.76. The summed E-state index contributed by atoms with van der Waals surface area (Å²) in [5, 5.41) is 4.39. The maximum Gasteiger partial charge on any atom is 0.289 e. The number of benzene rings is 1. The van der Waals surface area contributed by atoms with Gasteiger partial charge in [0.05, 0.1) is 0 Å². The molecule has 0 aliphatic carbocycles. The number of amides is 1. The average molecular weight is 270 g/mol. The van der Waals surface area contributed by atoms with Crippen molar-refractivity contribution in [1.29, 1.82) is 0 Å². The molecular formula is C16H18N2O2. The first-order chi connectivity index (χ1) is 9.83. The molecule has 1 N–H and O–H groups in total. The van der Waals surface area contributed by atoms with Crippen molar-refractivity contribution in [2.45, 2.75) is 18.9 Å². The molecule has 2 aliphatic heterocycles. The molecular weight excluding hydrogens is 252 g/mol. The number of hydrogen-bond acceptors (Lipinski definition) is 3. The molecule has 1 aromatic carbocycles. The molecule has 4 rings (SSSR count). The Morgan fingerprint density at radius 2 is 2.20 bits per heavy atom. The Labute approximate surface area is 117 Å². The standard InChI is InChI=1S/C16H18N2O2/c19-16(15-9-12-3-1-2-4-14(12)20-15)18-8-6-11-5-7-17-10-13(11)18/h1-4,9,11,13,17H,5-8,10H2. The van der Waals surface area contributed by atoms with Crippen LogP contribution in [0.25, 0.3) is 11.0 Å². The van der Waals surface area contributed by atoms with Gasteiger partial charge in [-0.2, -0.15) is 0 Å². The summed E-state index contributed by atoms with van der Waals surface area (Å²) in [6.45, 7) is 2.84. The maximum absolute atomic E-state index is 12.7. The van der Waals surface area contributed by atoms with Crippen molar-refractivity contribution in [3.05, 3.63) is 36.1 Å².